The molecule has 0 aliphatic carbocycles. The van der Waals surface area contributed by atoms with Crippen LogP contribution < -0.4 is 0 Å². The summed E-state index contributed by atoms with van der Waals surface area (Å²) < 4.78 is 43.8. The number of nitrogens with zero attached hydrogens (tertiary/aromatic N) is 3. The number of thiazole rings is 1. The first-order valence-electron chi connectivity index (χ1n) is 12.5. The Kier molecular flexibility index (Phi) is 8.69. The van der Waals surface area contributed by atoms with E-state index in [1.54, 1.807) is 41.5 Å². The van der Waals surface area contributed by atoms with Crippen LogP contribution in [0.25, 0.3) is 11.1 Å². The van der Waals surface area contributed by atoms with Gasteiger partial charge in [0.05, 0.1) is 17.2 Å². The lowest BCUT2D eigenvalue weighted by Crippen LogP contribution is -2.38. The maximum Gasteiger partial charge on any atom is 0.416 e. The molecule has 2 amide bonds. The van der Waals surface area contributed by atoms with Crippen molar-refractivity contribution < 1.29 is 32.3 Å². The molecule has 3 aromatic rings. The van der Waals surface area contributed by atoms with Gasteiger partial charge in [-0.15, -0.1) is 11.3 Å². The van der Waals surface area contributed by atoms with E-state index in [1.165, 1.54) is 35.4 Å². The summed E-state index contributed by atoms with van der Waals surface area (Å²) in [5.74, 6) is -0.945. The molecule has 0 radical (unpaired) electrons. The van der Waals surface area contributed by atoms with Crippen molar-refractivity contribution >= 4 is 29.1 Å². The topological polar surface area (TPSA) is 79.8 Å². The fourth-order valence-electron chi connectivity index (χ4n) is 4.50. The van der Waals surface area contributed by atoms with E-state index in [9.17, 15) is 27.6 Å². The molecule has 206 valence electrons. The van der Waals surface area contributed by atoms with Gasteiger partial charge >= 0.3 is 12.1 Å². The van der Waals surface area contributed by atoms with Crippen LogP contribution in [0.4, 0.5) is 13.2 Å². The Labute approximate surface area is 228 Å². The molecule has 1 aliphatic rings. The number of carbonyl (C=O) groups excluding carboxylic acids is 3. The van der Waals surface area contributed by atoms with Crippen molar-refractivity contribution in [2.45, 2.75) is 31.9 Å². The van der Waals surface area contributed by atoms with Gasteiger partial charge in [0.15, 0.2) is 0 Å². The average molecular weight is 560 g/mol. The minimum absolute atomic E-state index is 0.0844. The van der Waals surface area contributed by atoms with E-state index in [4.69, 9.17) is 4.74 Å². The molecule has 0 unspecified atom stereocenters. The normalized spacial score (nSPS) is 14.2. The Morgan fingerprint density at radius 2 is 1.74 bits per heavy atom. The molecule has 0 bridgehead atoms. The molecule has 11 heteroatoms. The number of likely N-dealkylation sites (N-methyl/N-ethyl adjacent to an activating group) is 1. The number of piperidine rings is 1. The van der Waals surface area contributed by atoms with Crippen LogP contribution in [0.5, 0.6) is 0 Å². The fourth-order valence-corrected chi connectivity index (χ4v) is 5.47. The molecule has 1 fully saturated rings. The van der Waals surface area contributed by atoms with E-state index in [0.717, 1.165) is 17.1 Å². The molecule has 1 aliphatic heterocycles. The van der Waals surface area contributed by atoms with Crippen LogP contribution in [0.1, 0.15) is 57.1 Å². The molecule has 0 N–H and O–H groups in total. The number of carbonyl (C=O) groups is 3. The molecule has 1 saturated heterocycles. The summed E-state index contributed by atoms with van der Waals surface area (Å²) in [7, 11) is 1.52. The van der Waals surface area contributed by atoms with E-state index >= 15 is 0 Å². The number of esters is 1. The highest BCUT2D eigenvalue weighted by molar-refractivity contribution is 7.09. The molecule has 0 spiro atoms. The van der Waals surface area contributed by atoms with Crippen LogP contribution in [0.3, 0.4) is 0 Å². The van der Waals surface area contributed by atoms with Gasteiger partial charge < -0.3 is 14.5 Å². The number of aromatic nitrogens is 1. The number of ether oxygens (including phenoxy) is 1. The smallest absolute Gasteiger partial charge is 0.416 e. The Morgan fingerprint density at radius 1 is 1.08 bits per heavy atom. The van der Waals surface area contributed by atoms with Crippen molar-refractivity contribution in [3.8, 4) is 11.1 Å². The summed E-state index contributed by atoms with van der Waals surface area (Å²) in [6.07, 6.45) is -3.11. The lowest BCUT2D eigenvalue weighted by Gasteiger charge is -2.31. The molecule has 0 saturated carbocycles. The van der Waals surface area contributed by atoms with Crippen LogP contribution in [0.15, 0.2) is 53.9 Å². The Hall–Kier alpha value is -3.73. The Morgan fingerprint density at radius 3 is 2.38 bits per heavy atom. The zero-order valence-electron chi connectivity index (χ0n) is 21.5. The van der Waals surface area contributed by atoms with Crippen molar-refractivity contribution in [3.05, 3.63) is 75.7 Å². The fraction of sp³-hybridized carbons (Fsp3) is 0.357. The van der Waals surface area contributed by atoms with E-state index in [-0.39, 0.29) is 36.6 Å². The highest BCUT2D eigenvalue weighted by atomic mass is 32.1. The maximum absolute atomic E-state index is 13.4. The number of benzene rings is 2. The number of rotatable bonds is 7. The second-order valence-electron chi connectivity index (χ2n) is 9.22. The summed E-state index contributed by atoms with van der Waals surface area (Å²) in [6, 6.07) is 11.7. The summed E-state index contributed by atoms with van der Waals surface area (Å²) in [6.45, 7) is 2.74. The van der Waals surface area contributed by atoms with Crippen LogP contribution in [0, 0.1) is 0 Å². The second-order valence-corrected chi connectivity index (χ2v) is 10.1. The first kappa shape index (κ1) is 28.3. The van der Waals surface area contributed by atoms with E-state index in [1.807, 2.05) is 0 Å². The summed E-state index contributed by atoms with van der Waals surface area (Å²) in [5.41, 5.74) is 1.08. The van der Waals surface area contributed by atoms with Gasteiger partial charge in [-0.05, 0) is 49.1 Å². The molecule has 2 heterocycles. The molecule has 4 rings (SSSR count). The SMILES string of the molecule is CCOC(=O)CN(C)C(=O)c1csc(C2CCN(C(=O)c3ccccc3-c3ccc(C(F)(F)F)cc3)CC2)n1. The van der Waals surface area contributed by atoms with Crippen LogP contribution in [-0.4, -0.2) is 65.9 Å². The lowest BCUT2D eigenvalue weighted by molar-refractivity contribution is -0.143. The minimum atomic E-state index is -4.43. The first-order chi connectivity index (χ1) is 18.6. The second kappa shape index (κ2) is 12.0. The van der Waals surface area contributed by atoms with Gasteiger partial charge in [-0.1, -0.05) is 30.3 Å². The number of hydrogen-bond acceptors (Lipinski definition) is 6. The molecular weight excluding hydrogens is 531 g/mol. The summed E-state index contributed by atoms with van der Waals surface area (Å²) in [5, 5.41) is 2.48. The number of alkyl halides is 3. The number of likely N-dealkylation sites (tertiary alicyclic amines) is 1. The number of halogens is 3. The molecule has 2 aromatic carbocycles. The third-order valence-corrected chi connectivity index (χ3v) is 7.58. The van der Waals surface area contributed by atoms with Crippen molar-refractivity contribution in [1.82, 2.24) is 14.8 Å². The van der Waals surface area contributed by atoms with Gasteiger partial charge in [-0.3, -0.25) is 14.4 Å². The first-order valence-corrected chi connectivity index (χ1v) is 13.4. The van der Waals surface area contributed by atoms with E-state index in [2.05, 4.69) is 4.98 Å². The summed E-state index contributed by atoms with van der Waals surface area (Å²) in [4.78, 5) is 45.3. The highest BCUT2D eigenvalue weighted by Gasteiger charge is 2.31. The third kappa shape index (κ3) is 6.65. The average Bonchev–Trinajstić information content (AvgIpc) is 3.42. The molecular formula is C28H28F3N3O4S. The van der Waals surface area contributed by atoms with Crippen molar-refractivity contribution in [2.75, 3.05) is 33.3 Å². The quantitative estimate of drug-likeness (QED) is 0.358. The Balaban J connectivity index is 1.40. The Bertz CT molecular complexity index is 1330. The number of hydrogen-bond donors (Lipinski definition) is 0. The van der Waals surface area contributed by atoms with Gasteiger partial charge in [0.2, 0.25) is 0 Å². The standard InChI is InChI=1S/C28H28F3N3O4S/c1-3-38-24(35)16-33(2)27(37)23-17-39-25(32-23)19-12-14-34(15-13-19)26(36)22-7-5-4-6-21(22)18-8-10-20(11-9-18)28(29,30)31/h4-11,17,19H,3,12-16H2,1-2H3. The number of amides is 2. The van der Waals surface area contributed by atoms with E-state index in [0.29, 0.717) is 42.6 Å². The predicted molar refractivity (Wildman–Crippen MR) is 140 cm³/mol. The molecule has 39 heavy (non-hydrogen) atoms. The van der Waals surface area contributed by atoms with Gasteiger partial charge in [-0.25, -0.2) is 4.98 Å². The predicted octanol–water partition coefficient (Wildman–Crippen LogP) is 5.48. The van der Waals surface area contributed by atoms with Gasteiger partial charge in [0, 0.05) is 37.0 Å². The molecule has 0 atom stereocenters. The van der Waals surface area contributed by atoms with Gasteiger partial charge in [0.25, 0.3) is 11.8 Å². The van der Waals surface area contributed by atoms with Crippen molar-refractivity contribution in [1.29, 1.82) is 0 Å². The zero-order valence-corrected chi connectivity index (χ0v) is 22.3. The monoisotopic (exact) mass is 559 g/mol. The summed E-state index contributed by atoms with van der Waals surface area (Å²) >= 11 is 1.38. The minimum Gasteiger partial charge on any atom is -0.465 e. The van der Waals surface area contributed by atoms with E-state index < -0.39 is 17.7 Å². The largest absolute Gasteiger partial charge is 0.465 e. The lowest BCUT2D eigenvalue weighted by atomic mass is 9.94. The van der Waals surface area contributed by atoms with Crippen LogP contribution >= 0.6 is 11.3 Å². The maximum atomic E-state index is 13.4. The highest BCUT2D eigenvalue weighted by Crippen LogP contribution is 2.34. The third-order valence-electron chi connectivity index (χ3n) is 6.57. The van der Waals surface area contributed by atoms with Crippen molar-refractivity contribution in [3.63, 3.8) is 0 Å². The zero-order chi connectivity index (χ0) is 28.2. The van der Waals surface area contributed by atoms with Gasteiger partial charge in [-0.2, -0.15) is 13.2 Å². The molecule has 7 nitrogen and oxygen atoms in total. The van der Waals surface area contributed by atoms with Crippen molar-refractivity contribution in [2.24, 2.45) is 0 Å². The van der Waals surface area contributed by atoms with Crippen LogP contribution in [-0.2, 0) is 15.7 Å². The molecule has 1 aromatic heterocycles. The van der Waals surface area contributed by atoms with Gasteiger partial charge in [0.1, 0.15) is 12.2 Å². The van der Waals surface area contributed by atoms with Crippen LogP contribution in [0.2, 0.25) is 0 Å².